The van der Waals surface area contributed by atoms with Gasteiger partial charge in [0.05, 0.1) is 5.69 Å². The molecule has 1 aliphatic carbocycles. The van der Waals surface area contributed by atoms with Crippen molar-refractivity contribution < 1.29 is 8.91 Å². The monoisotopic (exact) mass is 232 g/mol. The molecule has 3 rings (SSSR count). The van der Waals surface area contributed by atoms with Gasteiger partial charge in [0, 0.05) is 5.56 Å². The lowest BCUT2D eigenvalue weighted by Gasteiger charge is -2.21. The Balaban J connectivity index is 1.94. The topological polar surface area (TPSA) is 52.0 Å². The molecule has 0 spiro atoms. The van der Waals surface area contributed by atoms with Gasteiger partial charge in [-0.1, -0.05) is 23.4 Å². The van der Waals surface area contributed by atoms with Crippen LogP contribution < -0.4 is 5.73 Å². The van der Waals surface area contributed by atoms with E-state index in [-0.39, 0.29) is 11.7 Å². The molecule has 1 aromatic heterocycles. The third kappa shape index (κ3) is 1.69. The number of benzene rings is 1. The summed E-state index contributed by atoms with van der Waals surface area (Å²) in [7, 11) is 0. The van der Waals surface area contributed by atoms with Crippen molar-refractivity contribution in [1.29, 1.82) is 0 Å². The SMILES string of the molecule is Nc1onc2c1CC(c1ccccc1F)CC2. The predicted molar refractivity (Wildman–Crippen MR) is 62.1 cm³/mol. The van der Waals surface area contributed by atoms with Gasteiger partial charge < -0.3 is 10.3 Å². The maximum atomic E-state index is 13.7. The Hall–Kier alpha value is -1.84. The predicted octanol–water partition coefficient (Wildman–Crippen LogP) is 2.67. The lowest BCUT2D eigenvalue weighted by molar-refractivity contribution is 0.425. The Morgan fingerprint density at radius 3 is 3.00 bits per heavy atom. The number of halogens is 1. The van der Waals surface area contributed by atoms with Crippen LogP contribution in [0.3, 0.4) is 0 Å². The second-order valence-electron chi connectivity index (χ2n) is 4.43. The molecular formula is C13H13FN2O. The molecule has 1 heterocycles. The molecule has 0 aliphatic heterocycles. The molecule has 2 N–H and O–H groups in total. The second-order valence-corrected chi connectivity index (χ2v) is 4.43. The second kappa shape index (κ2) is 3.87. The Morgan fingerprint density at radius 1 is 1.35 bits per heavy atom. The van der Waals surface area contributed by atoms with Crippen molar-refractivity contribution in [3.63, 3.8) is 0 Å². The van der Waals surface area contributed by atoms with E-state index in [0.717, 1.165) is 29.7 Å². The number of aryl methyl sites for hydroxylation is 1. The van der Waals surface area contributed by atoms with Crippen molar-refractivity contribution >= 4 is 5.88 Å². The van der Waals surface area contributed by atoms with Crippen LogP contribution >= 0.6 is 0 Å². The molecule has 3 nitrogen and oxygen atoms in total. The van der Waals surface area contributed by atoms with Gasteiger partial charge in [-0.2, -0.15) is 0 Å². The van der Waals surface area contributed by atoms with E-state index < -0.39 is 0 Å². The minimum absolute atomic E-state index is 0.143. The summed E-state index contributed by atoms with van der Waals surface area (Å²) in [5.74, 6) is 0.405. The lowest BCUT2D eigenvalue weighted by Crippen LogP contribution is -2.14. The quantitative estimate of drug-likeness (QED) is 0.822. The Morgan fingerprint density at radius 2 is 2.18 bits per heavy atom. The molecule has 88 valence electrons. The number of rotatable bonds is 1. The van der Waals surface area contributed by atoms with Crippen molar-refractivity contribution in [2.75, 3.05) is 5.73 Å². The summed E-state index contributed by atoms with van der Waals surface area (Å²) in [6.45, 7) is 0. The Bertz CT molecular complexity index is 550. The minimum Gasteiger partial charge on any atom is -0.367 e. The molecule has 0 bridgehead atoms. The summed E-state index contributed by atoms with van der Waals surface area (Å²) in [5, 5.41) is 3.91. The average Bonchev–Trinajstić information content (AvgIpc) is 2.71. The highest BCUT2D eigenvalue weighted by atomic mass is 19.1. The summed E-state index contributed by atoms with van der Waals surface area (Å²) in [5.41, 5.74) is 8.35. The zero-order valence-corrected chi connectivity index (χ0v) is 9.32. The molecule has 17 heavy (non-hydrogen) atoms. The van der Waals surface area contributed by atoms with Gasteiger partial charge in [-0.25, -0.2) is 4.39 Å². The molecule has 2 aromatic rings. The maximum Gasteiger partial charge on any atom is 0.225 e. The van der Waals surface area contributed by atoms with Crippen LogP contribution in [0.5, 0.6) is 0 Å². The van der Waals surface area contributed by atoms with Crippen molar-refractivity contribution in [2.24, 2.45) is 0 Å². The van der Waals surface area contributed by atoms with E-state index in [4.69, 9.17) is 10.3 Å². The summed E-state index contributed by atoms with van der Waals surface area (Å²) in [4.78, 5) is 0. The van der Waals surface area contributed by atoms with Gasteiger partial charge >= 0.3 is 0 Å². The number of hydrogen-bond donors (Lipinski definition) is 1. The van der Waals surface area contributed by atoms with Crippen LogP contribution in [-0.4, -0.2) is 5.16 Å². The van der Waals surface area contributed by atoms with Crippen molar-refractivity contribution in [2.45, 2.75) is 25.2 Å². The average molecular weight is 232 g/mol. The summed E-state index contributed by atoms with van der Waals surface area (Å²) < 4.78 is 18.7. The first-order valence-electron chi connectivity index (χ1n) is 5.73. The van der Waals surface area contributed by atoms with Gasteiger partial charge in [-0.05, 0) is 36.8 Å². The molecule has 0 fully saturated rings. The molecule has 0 saturated heterocycles. The van der Waals surface area contributed by atoms with E-state index in [0.29, 0.717) is 12.3 Å². The molecule has 0 radical (unpaired) electrons. The summed E-state index contributed by atoms with van der Waals surface area (Å²) in [6, 6.07) is 6.92. The highest BCUT2D eigenvalue weighted by Gasteiger charge is 2.26. The van der Waals surface area contributed by atoms with Gasteiger partial charge in [-0.3, -0.25) is 0 Å². The fraction of sp³-hybridized carbons (Fsp3) is 0.308. The van der Waals surface area contributed by atoms with E-state index in [1.807, 2.05) is 12.1 Å². The number of hydrogen-bond acceptors (Lipinski definition) is 3. The normalized spacial score (nSPS) is 19.0. The standard InChI is InChI=1S/C13H13FN2O/c14-11-4-2-1-3-9(11)8-5-6-12-10(7-8)13(15)17-16-12/h1-4,8H,5-7,15H2. The zero-order chi connectivity index (χ0) is 11.8. The fourth-order valence-electron chi connectivity index (χ4n) is 2.50. The number of fused-ring (bicyclic) bond motifs is 1. The minimum atomic E-state index is -0.143. The van der Waals surface area contributed by atoms with Gasteiger partial charge in [0.1, 0.15) is 5.82 Å². The van der Waals surface area contributed by atoms with Gasteiger partial charge in [-0.15, -0.1) is 0 Å². The van der Waals surface area contributed by atoms with Crippen LogP contribution in [-0.2, 0) is 12.8 Å². The number of nitrogens with zero attached hydrogens (tertiary/aromatic N) is 1. The largest absolute Gasteiger partial charge is 0.367 e. The molecule has 1 aromatic carbocycles. The molecule has 1 atom stereocenters. The number of anilines is 1. The van der Waals surface area contributed by atoms with Crippen LogP contribution in [0.15, 0.2) is 28.8 Å². The third-order valence-electron chi connectivity index (χ3n) is 3.43. The van der Waals surface area contributed by atoms with Crippen molar-refractivity contribution in [1.82, 2.24) is 5.16 Å². The third-order valence-corrected chi connectivity index (χ3v) is 3.43. The smallest absolute Gasteiger partial charge is 0.225 e. The maximum absolute atomic E-state index is 13.7. The van der Waals surface area contributed by atoms with Crippen molar-refractivity contribution in [3.8, 4) is 0 Å². The van der Waals surface area contributed by atoms with Crippen LogP contribution in [0.25, 0.3) is 0 Å². The van der Waals surface area contributed by atoms with E-state index in [2.05, 4.69) is 5.16 Å². The van der Waals surface area contributed by atoms with E-state index in [1.165, 1.54) is 6.07 Å². The summed E-state index contributed by atoms with van der Waals surface area (Å²) >= 11 is 0. The number of nitrogen functional groups attached to an aromatic ring is 1. The van der Waals surface area contributed by atoms with Crippen LogP contribution in [0.4, 0.5) is 10.3 Å². The van der Waals surface area contributed by atoms with Crippen LogP contribution in [0.1, 0.15) is 29.2 Å². The van der Waals surface area contributed by atoms with Gasteiger partial charge in [0.15, 0.2) is 0 Å². The van der Waals surface area contributed by atoms with Crippen LogP contribution in [0.2, 0.25) is 0 Å². The van der Waals surface area contributed by atoms with Crippen molar-refractivity contribution in [3.05, 3.63) is 46.9 Å². The molecule has 4 heteroatoms. The first-order chi connectivity index (χ1) is 8.25. The van der Waals surface area contributed by atoms with Crippen LogP contribution in [0, 0.1) is 5.82 Å². The first-order valence-corrected chi connectivity index (χ1v) is 5.73. The lowest BCUT2D eigenvalue weighted by atomic mass is 9.82. The Kier molecular flexibility index (Phi) is 2.35. The molecular weight excluding hydrogens is 219 g/mol. The molecule has 0 saturated carbocycles. The fourth-order valence-corrected chi connectivity index (χ4v) is 2.50. The number of aromatic nitrogens is 1. The van der Waals surface area contributed by atoms with E-state index >= 15 is 0 Å². The Labute approximate surface area is 98.4 Å². The molecule has 0 amide bonds. The highest BCUT2D eigenvalue weighted by molar-refractivity contribution is 5.42. The number of nitrogens with two attached hydrogens (primary N) is 1. The highest BCUT2D eigenvalue weighted by Crippen LogP contribution is 2.35. The van der Waals surface area contributed by atoms with E-state index in [1.54, 1.807) is 6.07 Å². The van der Waals surface area contributed by atoms with E-state index in [9.17, 15) is 4.39 Å². The van der Waals surface area contributed by atoms with Gasteiger partial charge in [0.25, 0.3) is 0 Å². The molecule has 1 unspecified atom stereocenters. The molecule has 1 aliphatic rings. The van der Waals surface area contributed by atoms with Gasteiger partial charge in [0.2, 0.25) is 5.88 Å². The summed E-state index contributed by atoms with van der Waals surface area (Å²) in [6.07, 6.45) is 2.40. The first kappa shape index (κ1) is 10.3. The zero-order valence-electron chi connectivity index (χ0n) is 9.32.